The van der Waals surface area contributed by atoms with Gasteiger partial charge in [0.1, 0.15) is 11.1 Å². The highest BCUT2D eigenvalue weighted by Crippen LogP contribution is 2.29. The molecular formula is C17H10ClNO3. The Kier molecular flexibility index (Phi) is 2.98. The minimum atomic E-state index is -0.426. The molecule has 0 unspecified atom stereocenters. The molecule has 4 aromatic rings. The van der Waals surface area contributed by atoms with Crippen molar-refractivity contribution >= 4 is 33.7 Å². The van der Waals surface area contributed by atoms with Crippen molar-refractivity contribution in [3.05, 3.63) is 64.5 Å². The van der Waals surface area contributed by atoms with Crippen LogP contribution in [0.2, 0.25) is 0 Å². The van der Waals surface area contributed by atoms with Gasteiger partial charge in [0.2, 0.25) is 5.89 Å². The summed E-state index contributed by atoms with van der Waals surface area (Å²) in [5, 5.41) is 0.773. The van der Waals surface area contributed by atoms with Crippen LogP contribution >= 0.6 is 11.6 Å². The molecule has 0 saturated heterocycles. The standard InChI is InChI=1S/C17H10ClNO3/c18-9-11-6-16(20)21-14-8-15-13(7-12(11)14)19-17(22-15)10-4-2-1-3-5-10/h1-8H,9H2. The summed E-state index contributed by atoms with van der Waals surface area (Å²) in [4.78, 5) is 16.1. The van der Waals surface area contributed by atoms with Gasteiger partial charge in [0.25, 0.3) is 0 Å². The van der Waals surface area contributed by atoms with Crippen LogP contribution in [0.1, 0.15) is 5.56 Å². The Hall–Kier alpha value is -2.59. The molecular weight excluding hydrogens is 302 g/mol. The maximum absolute atomic E-state index is 11.6. The fourth-order valence-corrected chi connectivity index (χ4v) is 2.68. The first-order chi connectivity index (χ1) is 10.7. The predicted octanol–water partition coefficient (Wildman–Crippen LogP) is 4.34. The molecule has 0 atom stereocenters. The molecule has 0 fully saturated rings. The number of aromatic nitrogens is 1. The molecule has 4 rings (SSSR count). The van der Waals surface area contributed by atoms with Crippen molar-refractivity contribution in [2.75, 3.05) is 0 Å². The van der Waals surface area contributed by atoms with Crippen LogP contribution in [0.3, 0.4) is 0 Å². The molecule has 0 aliphatic heterocycles. The summed E-state index contributed by atoms with van der Waals surface area (Å²) in [5.74, 6) is 0.762. The lowest BCUT2D eigenvalue weighted by Gasteiger charge is -2.00. The average Bonchev–Trinajstić information content (AvgIpc) is 2.95. The fraction of sp³-hybridized carbons (Fsp3) is 0.0588. The van der Waals surface area contributed by atoms with E-state index < -0.39 is 5.63 Å². The van der Waals surface area contributed by atoms with Crippen LogP contribution in [0.25, 0.3) is 33.5 Å². The highest BCUT2D eigenvalue weighted by Gasteiger charge is 2.12. The number of fused-ring (bicyclic) bond motifs is 2. The second-order valence-corrected chi connectivity index (χ2v) is 5.19. The van der Waals surface area contributed by atoms with E-state index >= 15 is 0 Å². The third kappa shape index (κ3) is 2.09. The van der Waals surface area contributed by atoms with Crippen molar-refractivity contribution in [1.29, 1.82) is 0 Å². The molecule has 0 radical (unpaired) electrons. The molecule has 4 nitrogen and oxygen atoms in total. The molecule has 0 bridgehead atoms. The second-order valence-electron chi connectivity index (χ2n) is 4.93. The Morgan fingerprint density at radius 2 is 1.82 bits per heavy atom. The first-order valence-electron chi connectivity index (χ1n) is 6.73. The number of hydrogen-bond acceptors (Lipinski definition) is 4. The van der Waals surface area contributed by atoms with E-state index in [9.17, 15) is 4.79 Å². The lowest BCUT2D eigenvalue weighted by atomic mass is 10.1. The van der Waals surface area contributed by atoms with Gasteiger partial charge in [-0.05, 0) is 23.8 Å². The van der Waals surface area contributed by atoms with Crippen LogP contribution < -0.4 is 5.63 Å². The first-order valence-corrected chi connectivity index (χ1v) is 7.27. The van der Waals surface area contributed by atoms with Crippen molar-refractivity contribution in [2.45, 2.75) is 5.88 Å². The minimum absolute atomic E-state index is 0.233. The zero-order chi connectivity index (χ0) is 15.1. The molecule has 5 heteroatoms. The third-order valence-electron chi connectivity index (χ3n) is 3.50. The quantitative estimate of drug-likeness (QED) is 0.408. The lowest BCUT2D eigenvalue weighted by Crippen LogP contribution is -1.99. The van der Waals surface area contributed by atoms with Crippen LogP contribution in [0.4, 0.5) is 0 Å². The van der Waals surface area contributed by atoms with E-state index in [1.54, 1.807) is 6.07 Å². The van der Waals surface area contributed by atoms with Crippen LogP contribution in [0.15, 0.2) is 62.2 Å². The van der Waals surface area contributed by atoms with E-state index in [1.165, 1.54) is 6.07 Å². The summed E-state index contributed by atoms with van der Waals surface area (Å²) in [5.41, 5.74) is 2.91. The molecule has 2 aromatic carbocycles. The molecule has 2 heterocycles. The van der Waals surface area contributed by atoms with Gasteiger partial charge in [-0.15, -0.1) is 11.6 Å². The zero-order valence-electron chi connectivity index (χ0n) is 11.4. The van der Waals surface area contributed by atoms with Gasteiger partial charge in [0.05, 0.1) is 0 Å². The summed E-state index contributed by atoms with van der Waals surface area (Å²) in [6.45, 7) is 0. The molecule has 22 heavy (non-hydrogen) atoms. The van der Waals surface area contributed by atoms with Gasteiger partial charge in [-0.3, -0.25) is 0 Å². The smallest absolute Gasteiger partial charge is 0.336 e. The van der Waals surface area contributed by atoms with Crippen molar-refractivity contribution < 1.29 is 8.83 Å². The van der Waals surface area contributed by atoms with E-state index in [0.29, 0.717) is 22.6 Å². The van der Waals surface area contributed by atoms with Gasteiger partial charge in [-0.25, -0.2) is 9.78 Å². The molecule has 2 aromatic heterocycles. The van der Waals surface area contributed by atoms with Crippen LogP contribution in [0.5, 0.6) is 0 Å². The van der Waals surface area contributed by atoms with Gasteiger partial charge < -0.3 is 8.83 Å². The topological polar surface area (TPSA) is 56.2 Å². The number of hydrogen-bond donors (Lipinski definition) is 0. The van der Waals surface area contributed by atoms with Gasteiger partial charge in [-0.2, -0.15) is 0 Å². The molecule has 108 valence electrons. The summed E-state index contributed by atoms with van der Waals surface area (Å²) in [7, 11) is 0. The van der Waals surface area contributed by atoms with E-state index in [0.717, 1.165) is 16.5 Å². The third-order valence-corrected chi connectivity index (χ3v) is 3.79. The molecule has 0 saturated carbocycles. The Balaban J connectivity index is 2.00. The van der Waals surface area contributed by atoms with E-state index in [-0.39, 0.29) is 5.88 Å². The SMILES string of the molecule is O=c1cc(CCl)c2cc3nc(-c4ccccc4)oc3cc2o1. The van der Waals surface area contributed by atoms with E-state index in [4.69, 9.17) is 20.4 Å². The Morgan fingerprint density at radius 3 is 2.59 bits per heavy atom. The van der Waals surface area contributed by atoms with Crippen molar-refractivity contribution in [1.82, 2.24) is 4.98 Å². The largest absolute Gasteiger partial charge is 0.436 e. The van der Waals surface area contributed by atoms with Gasteiger partial charge in [0, 0.05) is 29.0 Å². The fourth-order valence-electron chi connectivity index (χ4n) is 2.46. The van der Waals surface area contributed by atoms with Gasteiger partial charge in [0.15, 0.2) is 5.58 Å². The second kappa shape index (κ2) is 5.00. The molecule has 0 aliphatic carbocycles. The van der Waals surface area contributed by atoms with Crippen LogP contribution in [-0.4, -0.2) is 4.98 Å². The summed E-state index contributed by atoms with van der Waals surface area (Å²) < 4.78 is 11.0. The highest BCUT2D eigenvalue weighted by atomic mass is 35.5. The Bertz CT molecular complexity index is 1030. The number of nitrogens with zero attached hydrogens (tertiary/aromatic N) is 1. The highest BCUT2D eigenvalue weighted by molar-refractivity contribution is 6.18. The van der Waals surface area contributed by atoms with Crippen molar-refractivity contribution in [3.63, 3.8) is 0 Å². The zero-order valence-corrected chi connectivity index (χ0v) is 12.1. The number of benzene rings is 2. The number of halogens is 1. The normalized spacial score (nSPS) is 11.3. The lowest BCUT2D eigenvalue weighted by molar-refractivity contribution is 0.558. The van der Waals surface area contributed by atoms with Gasteiger partial charge in [-0.1, -0.05) is 18.2 Å². The predicted molar refractivity (Wildman–Crippen MR) is 85.0 cm³/mol. The molecule has 0 amide bonds. The van der Waals surface area contributed by atoms with Crippen LogP contribution in [0, 0.1) is 0 Å². The van der Waals surface area contributed by atoms with Crippen LogP contribution in [-0.2, 0) is 5.88 Å². The Labute approximate surface area is 130 Å². The van der Waals surface area contributed by atoms with E-state index in [1.807, 2.05) is 36.4 Å². The molecule has 0 N–H and O–H groups in total. The average molecular weight is 312 g/mol. The van der Waals surface area contributed by atoms with Crippen molar-refractivity contribution in [3.8, 4) is 11.5 Å². The minimum Gasteiger partial charge on any atom is -0.436 e. The number of alkyl halides is 1. The maximum atomic E-state index is 11.6. The first kappa shape index (κ1) is 13.1. The molecule has 0 aliphatic rings. The molecule has 0 spiro atoms. The summed E-state index contributed by atoms with van der Waals surface area (Å²) >= 11 is 5.91. The number of rotatable bonds is 2. The van der Waals surface area contributed by atoms with Gasteiger partial charge >= 0.3 is 5.63 Å². The van der Waals surface area contributed by atoms with E-state index in [2.05, 4.69) is 4.98 Å². The summed E-state index contributed by atoms with van der Waals surface area (Å²) in [6, 6.07) is 14.5. The Morgan fingerprint density at radius 1 is 1.00 bits per heavy atom. The van der Waals surface area contributed by atoms with Crippen molar-refractivity contribution in [2.24, 2.45) is 0 Å². The monoisotopic (exact) mass is 311 g/mol. The maximum Gasteiger partial charge on any atom is 0.336 e. The summed E-state index contributed by atoms with van der Waals surface area (Å²) in [6.07, 6.45) is 0. The number of oxazole rings is 1.